The molecule has 1 aromatic heterocycles. The molecular formula is C11H13ClN4O2. The number of amides is 2. The van der Waals surface area contributed by atoms with Gasteiger partial charge in [0.25, 0.3) is 5.91 Å². The number of carbonyl (C=O) groups is 2. The van der Waals surface area contributed by atoms with Crippen LogP contribution in [0.1, 0.15) is 30.3 Å². The van der Waals surface area contributed by atoms with E-state index in [1.165, 1.54) is 12.4 Å². The maximum Gasteiger partial charge on any atom is 0.272 e. The van der Waals surface area contributed by atoms with Gasteiger partial charge in [0.05, 0.1) is 12.4 Å². The summed E-state index contributed by atoms with van der Waals surface area (Å²) in [6.07, 6.45) is 4.57. The first-order chi connectivity index (χ1) is 8.56. The Morgan fingerprint density at radius 2 is 2.11 bits per heavy atom. The van der Waals surface area contributed by atoms with Gasteiger partial charge in [-0.05, 0) is 19.8 Å². The summed E-state index contributed by atoms with van der Waals surface area (Å²) in [5.41, 5.74) is 0.130. The maximum absolute atomic E-state index is 11.7. The molecule has 2 N–H and O–H groups in total. The Labute approximate surface area is 109 Å². The molecule has 1 atom stereocenters. The number of halogens is 1. The number of nitrogens with zero attached hydrogens (tertiary/aromatic N) is 2. The van der Waals surface area contributed by atoms with Gasteiger partial charge in [0, 0.05) is 6.04 Å². The Kier molecular flexibility index (Phi) is 3.76. The van der Waals surface area contributed by atoms with Crippen LogP contribution in [0.4, 0.5) is 0 Å². The van der Waals surface area contributed by atoms with Crippen molar-refractivity contribution in [2.45, 2.75) is 31.8 Å². The lowest BCUT2D eigenvalue weighted by Crippen LogP contribution is -2.45. The van der Waals surface area contributed by atoms with Crippen LogP contribution in [0.15, 0.2) is 12.4 Å². The van der Waals surface area contributed by atoms with Gasteiger partial charge in [-0.25, -0.2) is 9.97 Å². The van der Waals surface area contributed by atoms with Crippen molar-refractivity contribution in [1.29, 1.82) is 0 Å². The van der Waals surface area contributed by atoms with Crippen LogP contribution in [0, 0.1) is 0 Å². The van der Waals surface area contributed by atoms with Crippen LogP contribution in [-0.4, -0.2) is 33.9 Å². The molecule has 0 aliphatic heterocycles. The largest absolute Gasteiger partial charge is 0.352 e. The fraction of sp³-hybridized carbons (Fsp3) is 0.455. The van der Waals surface area contributed by atoms with Crippen molar-refractivity contribution in [3.8, 4) is 0 Å². The molecule has 0 bridgehead atoms. The van der Waals surface area contributed by atoms with Gasteiger partial charge < -0.3 is 10.6 Å². The van der Waals surface area contributed by atoms with Crippen molar-refractivity contribution >= 4 is 23.4 Å². The zero-order chi connectivity index (χ0) is 13.1. The fourth-order valence-electron chi connectivity index (χ4n) is 1.32. The highest BCUT2D eigenvalue weighted by atomic mass is 35.5. The number of hydrogen-bond acceptors (Lipinski definition) is 4. The van der Waals surface area contributed by atoms with E-state index in [9.17, 15) is 9.59 Å². The van der Waals surface area contributed by atoms with Crippen LogP contribution in [0.2, 0.25) is 5.15 Å². The molecule has 0 spiro atoms. The Bertz CT molecular complexity index is 459. The summed E-state index contributed by atoms with van der Waals surface area (Å²) >= 11 is 5.57. The van der Waals surface area contributed by atoms with Crippen molar-refractivity contribution < 1.29 is 9.59 Å². The van der Waals surface area contributed by atoms with Crippen molar-refractivity contribution in [3.05, 3.63) is 23.2 Å². The third kappa shape index (κ3) is 3.40. The minimum atomic E-state index is -0.601. The second-order valence-corrected chi connectivity index (χ2v) is 4.59. The molecule has 1 saturated carbocycles. The normalized spacial score (nSPS) is 15.9. The Hall–Kier alpha value is -1.69. The predicted molar refractivity (Wildman–Crippen MR) is 65.1 cm³/mol. The first-order valence-corrected chi connectivity index (χ1v) is 6.03. The van der Waals surface area contributed by atoms with Crippen LogP contribution >= 0.6 is 11.6 Å². The molecule has 1 aliphatic carbocycles. The third-order valence-corrected chi connectivity index (χ3v) is 2.71. The molecule has 2 rings (SSSR count). The SMILES string of the molecule is CC(NC(=O)c1cnc(Cl)cn1)C(=O)NC1CC1. The number of carbonyl (C=O) groups excluding carboxylic acids is 2. The zero-order valence-electron chi connectivity index (χ0n) is 9.81. The minimum Gasteiger partial charge on any atom is -0.352 e. The maximum atomic E-state index is 11.7. The molecule has 96 valence electrons. The summed E-state index contributed by atoms with van der Waals surface area (Å²) < 4.78 is 0. The summed E-state index contributed by atoms with van der Waals surface area (Å²) in [5.74, 6) is -0.634. The van der Waals surface area contributed by atoms with E-state index >= 15 is 0 Å². The summed E-state index contributed by atoms with van der Waals surface area (Å²) in [5, 5.41) is 5.57. The van der Waals surface area contributed by atoms with E-state index < -0.39 is 11.9 Å². The fourth-order valence-corrected chi connectivity index (χ4v) is 1.42. The Morgan fingerprint density at radius 1 is 1.39 bits per heavy atom. The molecule has 0 radical (unpaired) electrons. The van der Waals surface area contributed by atoms with Gasteiger partial charge in [-0.3, -0.25) is 9.59 Å². The van der Waals surface area contributed by atoms with E-state index in [4.69, 9.17) is 11.6 Å². The van der Waals surface area contributed by atoms with E-state index in [1.54, 1.807) is 6.92 Å². The van der Waals surface area contributed by atoms with E-state index in [0.717, 1.165) is 12.8 Å². The first-order valence-electron chi connectivity index (χ1n) is 5.65. The highest BCUT2D eigenvalue weighted by molar-refractivity contribution is 6.29. The molecule has 1 fully saturated rings. The molecule has 1 unspecified atom stereocenters. The molecular weight excluding hydrogens is 256 g/mol. The number of rotatable bonds is 4. The lowest BCUT2D eigenvalue weighted by Gasteiger charge is -2.13. The summed E-state index contributed by atoms with van der Waals surface area (Å²) in [6, 6.07) is -0.331. The monoisotopic (exact) mass is 268 g/mol. The molecule has 6 nitrogen and oxygen atoms in total. The van der Waals surface area contributed by atoms with Crippen molar-refractivity contribution in [3.63, 3.8) is 0 Å². The summed E-state index contributed by atoms with van der Waals surface area (Å²) in [7, 11) is 0. The molecule has 1 aliphatic rings. The topological polar surface area (TPSA) is 84.0 Å². The van der Waals surface area contributed by atoms with Gasteiger partial charge in [0.2, 0.25) is 5.91 Å². The highest BCUT2D eigenvalue weighted by Gasteiger charge is 2.26. The molecule has 1 heterocycles. The second-order valence-electron chi connectivity index (χ2n) is 4.20. The molecule has 0 aromatic carbocycles. The molecule has 1 aromatic rings. The van der Waals surface area contributed by atoms with Gasteiger partial charge in [-0.1, -0.05) is 11.6 Å². The van der Waals surface area contributed by atoms with E-state index in [2.05, 4.69) is 20.6 Å². The van der Waals surface area contributed by atoms with E-state index in [1.807, 2.05) is 0 Å². The van der Waals surface area contributed by atoms with Crippen molar-refractivity contribution in [2.75, 3.05) is 0 Å². The van der Waals surface area contributed by atoms with Crippen LogP contribution in [0.25, 0.3) is 0 Å². The van der Waals surface area contributed by atoms with Crippen LogP contribution in [0.5, 0.6) is 0 Å². The summed E-state index contributed by atoms with van der Waals surface area (Å²) in [6.45, 7) is 1.62. The quantitative estimate of drug-likeness (QED) is 0.834. The molecule has 7 heteroatoms. The Morgan fingerprint density at radius 3 is 2.67 bits per heavy atom. The highest BCUT2D eigenvalue weighted by Crippen LogP contribution is 2.18. The van der Waals surface area contributed by atoms with Gasteiger partial charge in [-0.2, -0.15) is 0 Å². The number of aromatic nitrogens is 2. The zero-order valence-corrected chi connectivity index (χ0v) is 10.6. The average Bonchev–Trinajstić information content (AvgIpc) is 3.13. The predicted octanol–water partition coefficient (Wildman–Crippen LogP) is 0.527. The van der Waals surface area contributed by atoms with Gasteiger partial charge in [0.1, 0.15) is 16.9 Å². The number of nitrogens with one attached hydrogen (secondary N) is 2. The first kappa shape index (κ1) is 12.8. The second kappa shape index (κ2) is 5.30. The van der Waals surface area contributed by atoms with Gasteiger partial charge in [-0.15, -0.1) is 0 Å². The van der Waals surface area contributed by atoms with Crippen LogP contribution < -0.4 is 10.6 Å². The molecule has 2 amide bonds. The molecule has 0 saturated heterocycles. The standard InChI is InChI=1S/C11H13ClN4O2/c1-6(10(17)16-7-2-3-7)15-11(18)8-4-14-9(12)5-13-8/h4-7H,2-3H2,1H3,(H,15,18)(H,16,17). The minimum absolute atomic E-state index is 0.130. The average molecular weight is 269 g/mol. The summed E-state index contributed by atoms with van der Waals surface area (Å²) in [4.78, 5) is 30.9. The smallest absolute Gasteiger partial charge is 0.272 e. The van der Waals surface area contributed by atoms with Crippen LogP contribution in [0.3, 0.4) is 0 Å². The Balaban J connectivity index is 1.89. The van der Waals surface area contributed by atoms with Crippen molar-refractivity contribution in [1.82, 2.24) is 20.6 Å². The van der Waals surface area contributed by atoms with Gasteiger partial charge >= 0.3 is 0 Å². The lowest BCUT2D eigenvalue weighted by molar-refractivity contribution is -0.122. The van der Waals surface area contributed by atoms with Crippen molar-refractivity contribution in [2.24, 2.45) is 0 Å². The number of hydrogen-bond donors (Lipinski definition) is 2. The van der Waals surface area contributed by atoms with E-state index in [0.29, 0.717) is 0 Å². The lowest BCUT2D eigenvalue weighted by atomic mass is 10.3. The van der Waals surface area contributed by atoms with E-state index in [-0.39, 0.29) is 22.8 Å². The van der Waals surface area contributed by atoms with Crippen LogP contribution in [-0.2, 0) is 4.79 Å². The molecule has 18 heavy (non-hydrogen) atoms. The third-order valence-electron chi connectivity index (χ3n) is 2.52. The van der Waals surface area contributed by atoms with Gasteiger partial charge in [0.15, 0.2) is 0 Å².